The van der Waals surface area contributed by atoms with Crippen LogP contribution in [0.2, 0.25) is 0 Å². The highest BCUT2D eigenvalue weighted by Gasteiger charge is 2.51. The molecule has 1 heterocycles. The number of carbonyl (C=O) groups is 2. The molecule has 180 valence electrons. The summed E-state index contributed by atoms with van der Waals surface area (Å²) in [6, 6.07) is 27.3. The monoisotopic (exact) mass is 466 g/mol. The predicted molar refractivity (Wildman–Crippen MR) is 140 cm³/mol. The summed E-state index contributed by atoms with van der Waals surface area (Å²) < 4.78 is 0. The van der Waals surface area contributed by atoms with Crippen LogP contribution in [0.3, 0.4) is 0 Å². The Hall–Kier alpha value is -3.40. The van der Waals surface area contributed by atoms with Gasteiger partial charge in [-0.3, -0.25) is 9.59 Å². The number of rotatable bonds is 5. The van der Waals surface area contributed by atoms with Gasteiger partial charge < -0.3 is 10.2 Å². The van der Waals surface area contributed by atoms with Crippen LogP contribution in [0.5, 0.6) is 0 Å². The van der Waals surface area contributed by atoms with E-state index in [-0.39, 0.29) is 22.6 Å². The Labute approximate surface area is 208 Å². The Morgan fingerprint density at radius 1 is 0.829 bits per heavy atom. The molecule has 1 saturated heterocycles. The van der Waals surface area contributed by atoms with Gasteiger partial charge in [0, 0.05) is 23.8 Å². The Morgan fingerprint density at radius 3 is 1.97 bits per heavy atom. The highest BCUT2D eigenvalue weighted by molar-refractivity contribution is 5.99. The van der Waals surface area contributed by atoms with Gasteiger partial charge in [0.25, 0.3) is 5.91 Å². The maximum atomic E-state index is 13.4. The molecule has 1 aliphatic heterocycles. The van der Waals surface area contributed by atoms with Gasteiger partial charge in [0.15, 0.2) is 0 Å². The highest BCUT2D eigenvalue weighted by atomic mass is 16.2. The number of nitrogens with one attached hydrogen (secondary N) is 1. The molecule has 0 aromatic heterocycles. The highest BCUT2D eigenvalue weighted by Crippen LogP contribution is 2.52. The molecule has 1 N–H and O–H groups in total. The minimum Gasteiger partial charge on any atom is -0.335 e. The molecule has 2 bridgehead atoms. The number of nitrogens with zero attached hydrogens (tertiary/aromatic N) is 1. The molecule has 4 nitrogen and oxygen atoms in total. The summed E-state index contributed by atoms with van der Waals surface area (Å²) in [5, 5.41) is 3.06. The summed E-state index contributed by atoms with van der Waals surface area (Å²) in [5.41, 5.74) is 3.74. The molecule has 2 fully saturated rings. The van der Waals surface area contributed by atoms with Gasteiger partial charge in [0.1, 0.15) is 0 Å². The van der Waals surface area contributed by atoms with E-state index < -0.39 is 5.92 Å². The molecule has 1 saturated carbocycles. The smallest absolute Gasteiger partial charge is 0.254 e. The first-order valence-corrected chi connectivity index (χ1v) is 12.5. The molecule has 2 unspecified atom stereocenters. The largest absolute Gasteiger partial charge is 0.335 e. The lowest BCUT2D eigenvalue weighted by Crippen LogP contribution is -2.37. The molecule has 3 aromatic carbocycles. The fraction of sp³-hybridized carbons (Fsp3) is 0.355. The first kappa shape index (κ1) is 23.3. The lowest BCUT2D eigenvalue weighted by atomic mass is 9.65. The van der Waals surface area contributed by atoms with E-state index in [4.69, 9.17) is 0 Å². The summed E-state index contributed by atoms with van der Waals surface area (Å²) >= 11 is 0. The maximum absolute atomic E-state index is 13.4. The first-order valence-electron chi connectivity index (χ1n) is 12.5. The van der Waals surface area contributed by atoms with Gasteiger partial charge >= 0.3 is 0 Å². The number of amides is 2. The minimum atomic E-state index is -0.410. The molecule has 0 spiro atoms. The van der Waals surface area contributed by atoms with Crippen LogP contribution < -0.4 is 5.32 Å². The summed E-state index contributed by atoms with van der Waals surface area (Å²) in [6.45, 7) is 7.79. The zero-order chi connectivity index (χ0) is 24.6. The number of hydrogen-bond acceptors (Lipinski definition) is 2. The Morgan fingerprint density at radius 2 is 1.40 bits per heavy atom. The number of hydrogen-bond donors (Lipinski definition) is 1. The van der Waals surface area contributed by atoms with Crippen LogP contribution in [-0.4, -0.2) is 29.3 Å². The van der Waals surface area contributed by atoms with Crippen LogP contribution >= 0.6 is 0 Å². The topological polar surface area (TPSA) is 49.4 Å². The van der Waals surface area contributed by atoms with E-state index in [2.05, 4.69) is 31.0 Å². The van der Waals surface area contributed by atoms with Crippen molar-refractivity contribution in [3.63, 3.8) is 0 Å². The van der Waals surface area contributed by atoms with Crippen molar-refractivity contribution in [1.29, 1.82) is 0 Å². The zero-order valence-corrected chi connectivity index (χ0v) is 20.8. The third-order valence-electron chi connectivity index (χ3n) is 7.60. The number of benzene rings is 3. The number of anilines is 1. The molecule has 2 aliphatic rings. The molecule has 2 atom stereocenters. The minimum absolute atomic E-state index is 0.0926. The van der Waals surface area contributed by atoms with Crippen molar-refractivity contribution in [2.24, 2.45) is 10.8 Å². The van der Waals surface area contributed by atoms with Crippen molar-refractivity contribution in [2.45, 2.75) is 52.0 Å². The fourth-order valence-corrected chi connectivity index (χ4v) is 6.56. The van der Waals surface area contributed by atoms with E-state index in [0.717, 1.165) is 36.9 Å². The molecule has 5 rings (SSSR count). The number of likely N-dealkylation sites (tertiary alicyclic amines) is 1. The third-order valence-corrected chi connectivity index (χ3v) is 7.60. The first-order chi connectivity index (χ1) is 16.7. The van der Waals surface area contributed by atoms with E-state index in [0.29, 0.717) is 17.3 Å². The normalized spacial score (nSPS) is 22.7. The molecule has 0 radical (unpaired) electrons. The molecule has 4 heteroatoms. The predicted octanol–water partition coefficient (Wildman–Crippen LogP) is 6.50. The van der Waals surface area contributed by atoms with Crippen molar-refractivity contribution < 1.29 is 9.59 Å². The van der Waals surface area contributed by atoms with Crippen LogP contribution in [0.15, 0.2) is 84.9 Å². The van der Waals surface area contributed by atoms with E-state index in [1.165, 1.54) is 0 Å². The van der Waals surface area contributed by atoms with Crippen LogP contribution in [-0.2, 0) is 4.79 Å². The van der Waals surface area contributed by atoms with Gasteiger partial charge in [0.05, 0.1) is 5.92 Å². The van der Waals surface area contributed by atoms with Gasteiger partial charge in [-0.2, -0.15) is 0 Å². The van der Waals surface area contributed by atoms with Crippen LogP contribution in [0.4, 0.5) is 5.69 Å². The average Bonchev–Trinajstić information content (AvgIpc) is 3.09. The van der Waals surface area contributed by atoms with Crippen molar-refractivity contribution >= 4 is 17.5 Å². The second-order valence-corrected chi connectivity index (χ2v) is 11.5. The molecule has 2 amide bonds. The number of carbonyl (C=O) groups excluding carboxylic acids is 2. The number of fused-ring (bicyclic) bond motifs is 2. The van der Waals surface area contributed by atoms with Crippen molar-refractivity contribution in [2.75, 3.05) is 11.9 Å². The second-order valence-electron chi connectivity index (χ2n) is 11.5. The Kier molecular flexibility index (Phi) is 6.00. The molecular weight excluding hydrogens is 432 g/mol. The summed E-state index contributed by atoms with van der Waals surface area (Å²) in [6.07, 6.45) is 3.31. The van der Waals surface area contributed by atoms with Crippen LogP contribution in [0.25, 0.3) is 0 Å². The van der Waals surface area contributed by atoms with Gasteiger partial charge in [-0.05, 0) is 65.5 Å². The standard InChI is InChI=1S/C31H34N2O2/c1-30(2)18-26-19-31(3,20-30)21-33(26)29(35)24-14-16-25(17-15-24)32-28(34)27(22-10-6-4-7-11-22)23-12-8-5-9-13-23/h4-17,26-27H,18-21H2,1-3H3,(H,32,34). The lowest BCUT2D eigenvalue weighted by Gasteiger charge is -2.39. The molecular formula is C31H34N2O2. The third kappa shape index (κ3) is 4.88. The van der Waals surface area contributed by atoms with E-state index in [1.54, 1.807) is 0 Å². The summed E-state index contributed by atoms with van der Waals surface area (Å²) in [5.74, 6) is -0.405. The maximum Gasteiger partial charge on any atom is 0.254 e. The van der Waals surface area contributed by atoms with Crippen molar-refractivity contribution in [3.8, 4) is 0 Å². The lowest BCUT2D eigenvalue weighted by molar-refractivity contribution is -0.116. The van der Waals surface area contributed by atoms with E-state index >= 15 is 0 Å². The zero-order valence-electron chi connectivity index (χ0n) is 20.8. The van der Waals surface area contributed by atoms with Gasteiger partial charge in [0.2, 0.25) is 5.91 Å². The summed E-state index contributed by atoms with van der Waals surface area (Å²) in [4.78, 5) is 28.9. The van der Waals surface area contributed by atoms with Gasteiger partial charge in [-0.25, -0.2) is 0 Å². The quantitative estimate of drug-likeness (QED) is 0.467. The fourth-order valence-electron chi connectivity index (χ4n) is 6.56. The Balaban J connectivity index is 1.32. The van der Waals surface area contributed by atoms with Crippen molar-refractivity contribution in [1.82, 2.24) is 4.90 Å². The van der Waals surface area contributed by atoms with Crippen LogP contribution in [0.1, 0.15) is 67.4 Å². The van der Waals surface area contributed by atoms with Gasteiger partial charge in [-0.15, -0.1) is 0 Å². The molecule has 35 heavy (non-hydrogen) atoms. The average molecular weight is 467 g/mol. The summed E-state index contributed by atoms with van der Waals surface area (Å²) in [7, 11) is 0. The van der Waals surface area contributed by atoms with E-state index in [9.17, 15) is 9.59 Å². The molecule has 3 aromatic rings. The van der Waals surface area contributed by atoms with Crippen LogP contribution in [0, 0.1) is 10.8 Å². The van der Waals surface area contributed by atoms with Crippen molar-refractivity contribution in [3.05, 3.63) is 102 Å². The Bertz CT molecular complexity index is 1160. The molecule has 1 aliphatic carbocycles. The van der Waals surface area contributed by atoms with E-state index in [1.807, 2.05) is 84.9 Å². The van der Waals surface area contributed by atoms with Gasteiger partial charge in [-0.1, -0.05) is 81.4 Å². The second kappa shape index (κ2) is 8.99. The SMILES string of the molecule is CC1(C)CC2CC(C)(CN2C(=O)c2ccc(NC(=O)C(c3ccccc3)c3ccccc3)cc2)C1.